The molecule has 5 nitrogen and oxygen atoms in total. The van der Waals surface area contributed by atoms with Crippen molar-refractivity contribution in [1.29, 1.82) is 0 Å². The first-order chi connectivity index (χ1) is 8.52. The first kappa shape index (κ1) is 15.2. The molecule has 0 bridgehead atoms. The smallest absolute Gasteiger partial charge is 0.191 e. The van der Waals surface area contributed by atoms with E-state index in [1.165, 1.54) is 13.1 Å². The van der Waals surface area contributed by atoms with Crippen molar-refractivity contribution >= 4 is 5.96 Å². The predicted molar refractivity (Wildman–Crippen MR) is 78.2 cm³/mol. The lowest BCUT2D eigenvalue weighted by Gasteiger charge is -2.36. The third-order valence-electron chi connectivity index (χ3n) is 3.38. The van der Waals surface area contributed by atoms with Crippen LogP contribution < -0.4 is 10.6 Å². The molecule has 0 radical (unpaired) electrons. The van der Waals surface area contributed by atoms with Crippen LogP contribution in [0.15, 0.2) is 4.99 Å². The largest absolute Gasteiger partial charge is 0.355 e. The van der Waals surface area contributed by atoms with Crippen LogP contribution in [0.5, 0.6) is 0 Å². The number of likely N-dealkylation sites (N-methyl/N-ethyl adjacent to an activating group) is 1. The SMILES string of the molecule is CN=C(NCC(C)N1CCN(C)CC1)NC(C)C. The summed E-state index contributed by atoms with van der Waals surface area (Å²) >= 11 is 0. The van der Waals surface area contributed by atoms with Crippen LogP contribution in [0.4, 0.5) is 0 Å². The van der Waals surface area contributed by atoms with Gasteiger partial charge in [-0.25, -0.2) is 0 Å². The van der Waals surface area contributed by atoms with E-state index in [0.29, 0.717) is 12.1 Å². The van der Waals surface area contributed by atoms with Crippen molar-refractivity contribution in [3.05, 3.63) is 0 Å². The predicted octanol–water partition coefficient (Wildman–Crippen LogP) is 0.196. The molecule has 0 aliphatic carbocycles. The summed E-state index contributed by atoms with van der Waals surface area (Å²) in [6, 6.07) is 0.958. The van der Waals surface area contributed by atoms with E-state index in [2.05, 4.69) is 53.2 Å². The average molecular weight is 255 g/mol. The zero-order chi connectivity index (χ0) is 13.5. The Labute approximate surface area is 112 Å². The summed E-state index contributed by atoms with van der Waals surface area (Å²) in [5.74, 6) is 0.894. The number of hydrogen-bond donors (Lipinski definition) is 2. The van der Waals surface area contributed by atoms with E-state index >= 15 is 0 Å². The Morgan fingerprint density at radius 2 is 1.78 bits per heavy atom. The number of aliphatic imine (C=N–C) groups is 1. The summed E-state index contributed by atoms with van der Waals surface area (Å²) in [6.07, 6.45) is 0. The van der Waals surface area contributed by atoms with Crippen molar-refractivity contribution in [1.82, 2.24) is 20.4 Å². The summed E-state index contributed by atoms with van der Waals surface area (Å²) in [6.45, 7) is 12.1. The summed E-state index contributed by atoms with van der Waals surface area (Å²) < 4.78 is 0. The Bertz CT molecular complexity index is 256. The number of nitrogens with one attached hydrogen (secondary N) is 2. The molecule has 1 atom stereocenters. The monoisotopic (exact) mass is 255 g/mol. The first-order valence-electron chi connectivity index (χ1n) is 6.92. The molecule has 1 aliphatic rings. The van der Waals surface area contributed by atoms with Gasteiger partial charge in [0.15, 0.2) is 5.96 Å². The van der Waals surface area contributed by atoms with Crippen molar-refractivity contribution < 1.29 is 0 Å². The molecule has 0 aromatic rings. The maximum absolute atomic E-state index is 4.23. The maximum Gasteiger partial charge on any atom is 0.191 e. The van der Waals surface area contributed by atoms with Gasteiger partial charge in [-0.1, -0.05) is 0 Å². The fourth-order valence-corrected chi connectivity index (χ4v) is 2.10. The number of piperazine rings is 1. The molecule has 1 aliphatic heterocycles. The Hall–Kier alpha value is -0.810. The van der Waals surface area contributed by atoms with Crippen molar-refractivity contribution in [3.63, 3.8) is 0 Å². The van der Waals surface area contributed by atoms with Gasteiger partial charge in [0.25, 0.3) is 0 Å². The summed E-state index contributed by atoms with van der Waals surface area (Å²) in [5.41, 5.74) is 0. The minimum Gasteiger partial charge on any atom is -0.355 e. The van der Waals surface area contributed by atoms with Gasteiger partial charge >= 0.3 is 0 Å². The van der Waals surface area contributed by atoms with Crippen LogP contribution in [0.25, 0.3) is 0 Å². The van der Waals surface area contributed by atoms with E-state index in [0.717, 1.165) is 25.6 Å². The molecule has 0 amide bonds. The molecule has 1 saturated heterocycles. The summed E-state index contributed by atoms with van der Waals surface area (Å²) in [7, 11) is 4.01. The van der Waals surface area contributed by atoms with Crippen LogP contribution in [-0.2, 0) is 0 Å². The van der Waals surface area contributed by atoms with Gasteiger partial charge < -0.3 is 15.5 Å². The van der Waals surface area contributed by atoms with Crippen molar-refractivity contribution in [2.24, 2.45) is 4.99 Å². The topological polar surface area (TPSA) is 42.9 Å². The Balaban J connectivity index is 2.29. The van der Waals surface area contributed by atoms with E-state index < -0.39 is 0 Å². The van der Waals surface area contributed by atoms with Crippen molar-refractivity contribution in [2.75, 3.05) is 46.8 Å². The molecular formula is C13H29N5. The quantitative estimate of drug-likeness (QED) is 0.556. The minimum absolute atomic E-state index is 0.412. The zero-order valence-corrected chi connectivity index (χ0v) is 12.5. The fraction of sp³-hybridized carbons (Fsp3) is 0.923. The average Bonchev–Trinajstić information content (AvgIpc) is 2.34. The molecule has 1 unspecified atom stereocenters. The highest BCUT2D eigenvalue weighted by Crippen LogP contribution is 2.03. The van der Waals surface area contributed by atoms with Crippen molar-refractivity contribution in [3.8, 4) is 0 Å². The molecule has 0 spiro atoms. The molecule has 18 heavy (non-hydrogen) atoms. The lowest BCUT2D eigenvalue weighted by molar-refractivity contribution is 0.120. The Morgan fingerprint density at radius 1 is 1.17 bits per heavy atom. The van der Waals surface area contributed by atoms with Gasteiger partial charge in [0.05, 0.1) is 0 Å². The van der Waals surface area contributed by atoms with E-state index in [1.807, 2.05) is 7.05 Å². The van der Waals surface area contributed by atoms with Gasteiger partial charge in [-0.05, 0) is 27.8 Å². The van der Waals surface area contributed by atoms with Gasteiger partial charge in [-0.2, -0.15) is 0 Å². The number of guanidine groups is 1. The van der Waals surface area contributed by atoms with Crippen LogP contribution in [0.3, 0.4) is 0 Å². The maximum atomic E-state index is 4.23. The van der Waals surface area contributed by atoms with Crippen LogP contribution in [-0.4, -0.2) is 74.7 Å². The van der Waals surface area contributed by atoms with Crippen molar-refractivity contribution in [2.45, 2.75) is 32.9 Å². The molecular weight excluding hydrogens is 226 g/mol. The van der Waals surface area contributed by atoms with E-state index in [9.17, 15) is 0 Å². The Kier molecular flexibility index (Phi) is 6.43. The standard InChI is InChI=1S/C13H29N5/c1-11(2)16-13(14-4)15-10-12(3)18-8-6-17(5)7-9-18/h11-12H,6-10H2,1-5H3,(H2,14,15,16). The highest BCUT2D eigenvalue weighted by Gasteiger charge is 2.18. The van der Waals surface area contributed by atoms with E-state index in [1.54, 1.807) is 0 Å². The molecule has 0 saturated carbocycles. The normalized spacial score (nSPS) is 21.1. The molecule has 0 aromatic heterocycles. The van der Waals surface area contributed by atoms with Crippen LogP contribution in [0.2, 0.25) is 0 Å². The number of nitrogens with zero attached hydrogens (tertiary/aromatic N) is 3. The minimum atomic E-state index is 0.412. The number of hydrogen-bond acceptors (Lipinski definition) is 3. The first-order valence-corrected chi connectivity index (χ1v) is 6.92. The van der Waals surface area contributed by atoms with Crippen LogP contribution in [0.1, 0.15) is 20.8 Å². The van der Waals surface area contributed by atoms with E-state index in [4.69, 9.17) is 0 Å². The van der Waals surface area contributed by atoms with E-state index in [-0.39, 0.29) is 0 Å². The van der Waals surface area contributed by atoms with Gasteiger partial charge in [0, 0.05) is 51.9 Å². The Morgan fingerprint density at radius 3 is 2.28 bits per heavy atom. The molecule has 1 rings (SSSR count). The molecule has 106 valence electrons. The van der Waals surface area contributed by atoms with Gasteiger partial charge in [-0.15, -0.1) is 0 Å². The highest BCUT2D eigenvalue weighted by molar-refractivity contribution is 5.79. The van der Waals surface area contributed by atoms with Gasteiger partial charge in [0.2, 0.25) is 0 Å². The molecule has 1 fully saturated rings. The summed E-state index contributed by atoms with van der Waals surface area (Å²) in [4.78, 5) is 9.15. The second kappa shape index (κ2) is 7.59. The lowest BCUT2D eigenvalue weighted by atomic mass is 10.2. The molecule has 0 aromatic carbocycles. The second-order valence-corrected chi connectivity index (χ2v) is 5.44. The lowest BCUT2D eigenvalue weighted by Crippen LogP contribution is -2.52. The molecule has 2 N–H and O–H groups in total. The number of rotatable bonds is 4. The third kappa shape index (κ3) is 5.23. The third-order valence-corrected chi connectivity index (χ3v) is 3.38. The van der Waals surface area contributed by atoms with Crippen LogP contribution >= 0.6 is 0 Å². The highest BCUT2D eigenvalue weighted by atomic mass is 15.3. The van der Waals surface area contributed by atoms with Gasteiger partial charge in [0.1, 0.15) is 0 Å². The van der Waals surface area contributed by atoms with Gasteiger partial charge in [-0.3, -0.25) is 9.89 Å². The second-order valence-electron chi connectivity index (χ2n) is 5.44. The molecule has 1 heterocycles. The molecule has 5 heteroatoms. The fourth-order valence-electron chi connectivity index (χ4n) is 2.10. The summed E-state index contributed by atoms with van der Waals surface area (Å²) in [5, 5.41) is 6.70. The zero-order valence-electron chi connectivity index (χ0n) is 12.5. The van der Waals surface area contributed by atoms with Crippen LogP contribution in [0, 0.1) is 0 Å².